The molecule has 0 spiro atoms. The molecule has 1 aromatic rings. The first-order valence-electron chi connectivity index (χ1n) is 15.4. The van der Waals surface area contributed by atoms with E-state index >= 15 is 0 Å². The van der Waals surface area contributed by atoms with Gasteiger partial charge in [0.05, 0.1) is 37.8 Å². The number of hydrogen-bond donors (Lipinski definition) is 0. The molecule has 2 unspecified atom stereocenters. The van der Waals surface area contributed by atoms with Crippen LogP contribution >= 0.6 is 31.5 Å². The number of nitriles is 1. The van der Waals surface area contributed by atoms with Crippen LogP contribution in [0.3, 0.4) is 0 Å². The van der Waals surface area contributed by atoms with Gasteiger partial charge in [-0.25, -0.2) is 9.56 Å². The maximum absolute atomic E-state index is 13.4. The fourth-order valence-corrected chi connectivity index (χ4v) is 7.44. The van der Waals surface area contributed by atoms with Gasteiger partial charge >= 0.3 is 0 Å². The van der Waals surface area contributed by atoms with Crippen molar-refractivity contribution < 1.29 is 31.5 Å². The van der Waals surface area contributed by atoms with Crippen molar-refractivity contribution in [1.82, 2.24) is 14.5 Å². The molecule has 2 rings (SSSR count). The third-order valence-corrected chi connectivity index (χ3v) is 10.1. The highest BCUT2D eigenvalue weighted by atomic mass is 127. The zero-order valence-corrected chi connectivity index (χ0v) is 29.8. The second-order valence-electron chi connectivity index (χ2n) is 11.6. The molecule has 11 nitrogen and oxygen atoms in total. The van der Waals surface area contributed by atoms with E-state index in [-0.39, 0.29) is 36.9 Å². The van der Waals surface area contributed by atoms with Gasteiger partial charge in [-0.2, -0.15) is 8.48 Å². The van der Waals surface area contributed by atoms with Crippen molar-refractivity contribution in [2.75, 3.05) is 32.8 Å². The summed E-state index contributed by atoms with van der Waals surface area (Å²) >= 11 is 1.68. The van der Waals surface area contributed by atoms with E-state index in [0.717, 1.165) is 18.4 Å². The smallest absolute Gasteiger partial charge is 0.260 e. The molecule has 44 heavy (non-hydrogen) atoms. The van der Waals surface area contributed by atoms with Gasteiger partial charge in [-0.3, -0.25) is 19.3 Å². The van der Waals surface area contributed by atoms with Crippen molar-refractivity contribution in [3.63, 3.8) is 0 Å². The number of hydrogen-bond acceptors (Lipinski definition) is 9. The molecule has 0 bridgehead atoms. The van der Waals surface area contributed by atoms with Gasteiger partial charge < -0.3 is 13.9 Å². The van der Waals surface area contributed by atoms with Crippen LogP contribution in [0.25, 0.3) is 0 Å². The van der Waals surface area contributed by atoms with E-state index in [1.54, 1.807) is 35.1 Å². The van der Waals surface area contributed by atoms with Crippen LogP contribution in [0.4, 0.5) is 0 Å². The number of aryl methyl sites for hydroxylation is 1. The van der Waals surface area contributed by atoms with Gasteiger partial charge in [0.2, 0.25) is 12.3 Å². The van der Waals surface area contributed by atoms with Crippen LogP contribution in [-0.2, 0) is 26.7 Å². The zero-order valence-electron chi connectivity index (χ0n) is 26.7. The molecule has 13 heteroatoms. The Morgan fingerprint density at radius 3 is 2.52 bits per heavy atom. The van der Waals surface area contributed by atoms with Crippen molar-refractivity contribution in [3.05, 3.63) is 35.4 Å². The molecule has 246 valence electrons. The van der Waals surface area contributed by atoms with E-state index in [1.807, 2.05) is 24.0 Å². The molecule has 0 radical (unpaired) electrons. The summed E-state index contributed by atoms with van der Waals surface area (Å²) in [5, 5.41) is 9.09. The molecule has 3 amide bonds. The Labute approximate surface area is 278 Å². The molecule has 0 aromatic heterocycles. The Hall–Kier alpha value is -1.72. The van der Waals surface area contributed by atoms with Crippen LogP contribution in [0.15, 0.2) is 24.3 Å². The highest BCUT2D eigenvalue weighted by Gasteiger charge is 2.43. The number of likely N-dealkylation sites (tertiary alicyclic amines) is 1. The summed E-state index contributed by atoms with van der Waals surface area (Å²) in [7, 11) is -1.51. The highest BCUT2D eigenvalue weighted by molar-refractivity contribution is 14.1. The minimum atomic E-state index is -1.51. The van der Waals surface area contributed by atoms with Gasteiger partial charge in [-0.05, 0) is 71.9 Å². The second-order valence-corrected chi connectivity index (χ2v) is 13.3. The summed E-state index contributed by atoms with van der Waals surface area (Å²) in [5.74, 6) is -0.257. The standard InChI is InChI=1S/C31H48IN4O7P/c1-25(2)36(26(3)4)44(41-21-12-18-33)42-31(17-22-40-43-32)16-11-20-34(23-31)29(38)15-7-6-10-19-35(24-37)30(39)28-14-9-8-13-27(28)5/h8-9,13-14,24-26H,6-7,10-12,15-17,19-23H2,1-5H3. The maximum atomic E-state index is 13.4. The van der Waals surface area contributed by atoms with E-state index in [2.05, 4.69) is 38.4 Å². The fourth-order valence-electron chi connectivity index (χ4n) is 5.41. The first-order chi connectivity index (χ1) is 21.1. The molecular formula is C31H48IN4O7P. The van der Waals surface area contributed by atoms with Gasteiger partial charge in [0.25, 0.3) is 14.4 Å². The van der Waals surface area contributed by atoms with Gasteiger partial charge in [0.1, 0.15) is 0 Å². The Bertz CT molecular complexity index is 1080. The van der Waals surface area contributed by atoms with Crippen molar-refractivity contribution in [2.24, 2.45) is 0 Å². The lowest BCUT2D eigenvalue weighted by atomic mass is 9.89. The van der Waals surface area contributed by atoms with Crippen molar-refractivity contribution in [1.29, 1.82) is 5.26 Å². The third-order valence-electron chi connectivity index (χ3n) is 7.56. The Balaban J connectivity index is 2.02. The van der Waals surface area contributed by atoms with Crippen LogP contribution in [0.2, 0.25) is 0 Å². The lowest BCUT2D eigenvalue weighted by Gasteiger charge is -2.46. The monoisotopic (exact) mass is 746 g/mol. The summed E-state index contributed by atoms with van der Waals surface area (Å²) in [4.78, 5) is 46.1. The summed E-state index contributed by atoms with van der Waals surface area (Å²) in [6.45, 7) is 12.1. The number of nitrogens with zero attached hydrogens (tertiary/aromatic N) is 4. The van der Waals surface area contributed by atoms with Crippen molar-refractivity contribution in [2.45, 2.75) is 104 Å². The summed E-state index contributed by atoms with van der Waals surface area (Å²) in [6.07, 6.45) is 5.23. The van der Waals surface area contributed by atoms with Gasteiger partial charge in [0, 0.05) is 43.6 Å². The molecule has 1 aromatic carbocycles. The lowest BCUT2D eigenvalue weighted by molar-refractivity contribution is -0.180. The minimum Gasteiger partial charge on any atom is -0.340 e. The molecule has 0 saturated carbocycles. The number of piperidine rings is 1. The molecule has 0 N–H and O–H groups in total. The Kier molecular flexibility index (Phi) is 17.8. The topological polar surface area (TPSA) is 122 Å². The number of halogens is 1. The number of amides is 3. The fraction of sp³-hybridized carbons (Fsp3) is 0.677. The van der Waals surface area contributed by atoms with Crippen LogP contribution in [0.5, 0.6) is 0 Å². The van der Waals surface area contributed by atoms with Crippen LogP contribution < -0.4 is 0 Å². The minimum absolute atomic E-state index is 0.0475. The van der Waals surface area contributed by atoms with Crippen molar-refractivity contribution >= 4 is 49.8 Å². The van der Waals surface area contributed by atoms with Crippen LogP contribution in [0, 0.1) is 18.3 Å². The maximum Gasteiger partial charge on any atom is 0.260 e. The van der Waals surface area contributed by atoms with Crippen molar-refractivity contribution in [3.8, 4) is 6.07 Å². The van der Waals surface area contributed by atoms with E-state index in [1.165, 1.54) is 4.90 Å². The molecular weight excluding hydrogens is 698 g/mol. The molecule has 1 aliphatic rings. The predicted octanol–water partition coefficient (Wildman–Crippen LogP) is 6.50. The second kappa shape index (κ2) is 20.4. The third kappa shape index (κ3) is 12.2. The van der Waals surface area contributed by atoms with E-state index in [9.17, 15) is 14.4 Å². The molecule has 1 fully saturated rings. The SMILES string of the molecule is Cc1ccccc1C(=O)N(C=O)CCCCCC(=O)N1CCCC(CCOOI)(OP(OCCC#N)N(C(C)C)C(C)C)C1. The number of benzene rings is 1. The number of carbonyl (C=O) groups is 3. The molecule has 1 aliphatic heterocycles. The number of unbranched alkanes of at least 4 members (excludes halogenated alkanes) is 2. The zero-order chi connectivity index (χ0) is 32.5. The summed E-state index contributed by atoms with van der Waals surface area (Å²) in [6, 6.07) is 9.65. The molecule has 1 saturated heterocycles. The largest absolute Gasteiger partial charge is 0.340 e. The first kappa shape index (κ1) is 38.5. The molecule has 0 aliphatic carbocycles. The van der Waals surface area contributed by atoms with Crippen LogP contribution in [-0.4, -0.2) is 83.2 Å². The molecule has 2 atom stereocenters. The average Bonchev–Trinajstić information content (AvgIpc) is 2.98. The first-order valence-corrected chi connectivity index (χ1v) is 17.4. The summed E-state index contributed by atoms with van der Waals surface area (Å²) < 4.78 is 20.0. The van der Waals surface area contributed by atoms with Gasteiger partial charge in [-0.15, -0.1) is 0 Å². The number of carbonyl (C=O) groups excluding carboxylic acids is 3. The normalized spacial score (nSPS) is 17.6. The Morgan fingerprint density at radius 1 is 1.16 bits per heavy atom. The molecule has 1 heterocycles. The van der Waals surface area contributed by atoms with E-state index in [0.29, 0.717) is 70.3 Å². The number of imide groups is 1. The lowest BCUT2D eigenvalue weighted by Crippen LogP contribution is -2.52. The average molecular weight is 747 g/mol. The Morgan fingerprint density at radius 2 is 1.89 bits per heavy atom. The predicted molar refractivity (Wildman–Crippen MR) is 177 cm³/mol. The van der Waals surface area contributed by atoms with E-state index in [4.69, 9.17) is 22.4 Å². The van der Waals surface area contributed by atoms with Crippen LogP contribution in [0.1, 0.15) is 95.0 Å². The highest BCUT2D eigenvalue weighted by Crippen LogP contribution is 2.51. The van der Waals surface area contributed by atoms with Gasteiger partial charge in [-0.1, -0.05) is 24.6 Å². The van der Waals surface area contributed by atoms with Gasteiger partial charge in [0.15, 0.2) is 23.0 Å². The summed E-state index contributed by atoms with van der Waals surface area (Å²) in [5.41, 5.74) is 0.654. The quantitative estimate of drug-likeness (QED) is 0.0368. The van der Waals surface area contributed by atoms with E-state index < -0.39 is 14.1 Å². The number of rotatable bonds is 20.